The van der Waals surface area contributed by atoms with E-state index in [1.807, 2.05) is 18.2 Å². The number of aromatic amines is 1. The molecule has 0 spiro atoms. The lowest BCUT2D eigenvalue weighted by molar-refractivity contribution is 0.601. The third-order valence-corrected chi connectivity index (χ3v) is 6.83. The summed E-state index contributed by atoms with van der Waals surface area (Å²) in [6, 6.07) is 15.9. The number of sulfonamides is 1. The van der Waals surface area contributed by atoms with Crippen LogP contribution in [0.15, 0.2) is 70.4 Å². The van der Waals surface area contributed by atoms with Gasteiger partial charge in [0.15, 0.2) is 0 Å². The number of hydrogen-bond acceptors (Lipinski definition) is 3. The molecule has 0 aliphatic carbocycles. The maximum Gasteiger partial charge on any atom is 0.272 e. The molecule has 0 aliphatic heterocycles. The van der Waals surface area contributed by atoms with Gasteiger partial charge < -0.3 is 0 Å². The number of halogens is 3. The average molecular weight is 483 g/mol. The van der Waals surface area contributed by atoms with Gasteiger partial charge in [-0.15, -0.1) is 0 Å². The predicted molar refractivity (Wildman–Crippen MR) is 120 cm³/mol. The summed E-state index contributed by atoms with van der Waals surface area (Å²) in [7, 11) is -3.91. The van der Waals surface area contributed by atoms with Gasteiger partial charge in [0.25, 0.3) is 15.6 Å². The highest BCUT2D eigenvalue weighted by molar-refractivity contribution is 7.92. The Morgan fingerprint density at radius 3 is 2.33 bits per heavy atom. The van der Waals surface area contributed by atoms with Crippen LogP contribution in [0.2, 0.25) is 15.1 Å². The number of hydrogen-bond donors (Lipinski definition) is 2. The molecule has 2 N–H and O–H groups in total. The molecule has 3 aromatic carbocycles. The minimum atomic E-state index is -3.91. The first kappa shape index (κ1) is 20.8. The molecule has 30 heavy (non-hydrogen) atoms. The van der Waals surface area contributed by atoms with Crippen LogP contribution in [0.4, 0.5) is 5.69 Å². The lowest BCUT2D eigenvalue weighted by Gasteiger charge is -2.11. The van der Waals surface area contributed by atoms with Crippen LogP contribution in [0.25, 0.3) is 10.9 Å². The van der Waals surface area contributed by atoms with E-state index >= 15 is 0 Å². The summed E-state index contributed by atoms with van der Waals surface area (Å²) in [6.07, 6.45) is 0. The van der Waals surface area contributed by atoms with Crippen molar-refractivity contribution in [3.63, 3.8) is 0 Å². The van der Waals surface area contributed by atoms with Gasteiger partial charge in [0.05, 0.1) is 33.1 Å². The molecule has 1 heterocycles. The maximum atomic E-state index is 12.7. The molecule has 0 aliphatic rings. The molecule has 0 unspecified atom stereocenters. The van der Waals surface area contributed by atoms with E-state index in [4.69, 9.17) is 34.8 Å². The minimum Gasteiger partial charge on any atom is -0.280 e. The van der Waals surface area contributed by atoms with E-state index in [1.54, 1.807) is 10.7 Å². The Morgan fingerprint density at radius 1 is 0.933 bits per heavy atom. The molecule has 4 rings (SSSR count). The molecule has 6 nitrogen and oxygen atoms in total. The number of fused-ring (bicyclic) bond motifs is 1. The number of rotatable bonds is 5. The Labute approximate surface area is 187 Å². The first-order valence-electron chi connectivity index (χ1n) is 8.68. The summed E-state index contributed by atoms with van der Waals surface area (Å²) in [6.45, 7) is 0.324. The Morgan fingerprint density at radius 2 is 1.63 bits per heavy atom. The second kappa shape index (κ2) is 8.00. The molecular formula is C20H14Cl3N3O3S. The number of anilines is 1. The van der Waals surface area contributed by atoms with Crippen LogP contribution in [-0.2, 0) is 16.6 Å². The Bertz CT molecular complexity index is 1410. The summed E-state index contributed by atoms with van der Waals surface area (Å²) in [5.41, 5.74) is 1.07. The minimum absolute atomic E-state index is 0.0215. The van der Waals surface area contributed by atoms with Gasteiger partial charge in [-0.05, 0) is 48.0 Å². The summed E-state index contributed by atoms with van der Waals surface area (Å²) < 4.78 is 29.3. The van der Waals surface area contributed by atoms with Crippen molar-refractivity contribution in [1.29, 1.82) is 0 Å². The Kier molecular flexibility index (Phi) is 5.55. The topological polar surface area (TPSA) is 84.0 Å². The van der Waals surface area contributed by atoms with E-state index in [-0.39, 0.29) is 21.2 Å². The van der Waals surface area contributed by atoms with E-state index in [9.17, 15) is 13.2 Å². The van der Waals surface area contributed by atoms with Crippen LogP contribution in [0, 0.1) is 0 Å². The highest BCUT2D eigenvalue weighted by Crippen LogP contribution is 2.29. The van der Waals surface area contributed by atoms with Crippen molar-refractivity contribution in [2.24, 2.45) is 0 Å². The van der Waals surface area contributed by atoms with Gasteiger partial charge in [-0.1, -0.05) is 53.0 Å². The SMILES string of the molecule is O=c1[nH]n(Cc2ccccc2Cl)c2cc(Cl)c(NS(=O)(=O)c3ccc(Cl)cc3)cc12. The molecule has 10 heteroatoms. The van der Waals surface area contributed by atoms with E-state index < -0.39 is 10.0 Å². The largest absolute Gasteiger partial charge is 0.280 e. The fourth-order valence-corrected chi connectivity index (χ4v) is 4.68. The standard InChI is InChI=1S/C20H14Cl3N3O3S/c21-13-5-7-14(8-6-13)30(28,29)25-18-9-15-19(10-17(18)23)26(24-20(15)27)11-12-3-1-2-4-16(12)22/h1-10,25H,11H2,(H,24,27). The monoisotopic (exact) mass is 481 g/mol. The molecule has 0 saturated carbocycles. The molecule has 0 radical (unpaired) electrons. The molecule has 4 aromatic rings. The molecule has 1 aromatic heterocycles. The molecule has 0 bridgehead atoms. The van der Waals surface area contributed by atoms with Crippen molar-refractivity contribution in [3.05, 3.63) is 91.6 Å². The van der Waals surface area contributed by atoms with Gasteiger partial charge in [0.2, 0.25) is 0 Å². The van der Waals surface area contributed by atoms with Gasteiger partial charge in [-0.25, -0.2) is 8.42 Å². The van der Waals surface area contributed by atoms with E-state index in [0.29, 0.717) is 27.5 Å². The second-order valence-corrected chi connectivity index (χ2v) is 9.46. The fraction of sp³-hybridized carbons (Fsp3) is 0.0500. The first-order valence-corrected chi connectivity index (χ1v) is 11.3. The van der Waals surface area contributed by atoms with Crippen LogP contribution in [-0.4, -0.2) is 18.2 Å². The van der Waals surface area contributed by atoms with Gasteiger partial charge in [-0.3, -0.25) is 19.3 Å². The molecular weight excluding hydrogens is 469 g/mol. The molecule has 154 valence electrons. The number of nitrogens with one attached hydrogen (secondary N) is 2. The van der Waals surface area contributed by atoms with Crippen LogP contribution in [0.5, 0.6) is 0 Å². The van der Waals surface area contributed by atoms with E-state index in [2.05, 4.69) is 9.82 Å². The summed E-state index contributed by atoms with van der Waals surface area (Å²) >= 11 is 18.4. The molecule has 0 fully saturated rings. The highest BCUT2D eigenvalue weighted by atomic mass is 35.5. The number of nitrogens with zero attached hydrogens (tertiary/aromatic N) is 1. The quantitative estimate of drug-likeness (QED) is 0.413. The predicted octanol–water partition coefficient (Wildman–Crippen LogP) is 5.14. The van der Waals surface area contributed by atoms with Gasteiger partial charge in [-0.2, -0.15) is 0 Å². The molecule has 0 atom stereocenters. The van der Waals surface area contributed by atoms with Crippen molar-refractivity contribution >= 4 is 61.4 Å². The summed E-state index contributed by atoms with van der Waals surface area (Å²) in [4.78, 5) is 12.5. The molecule has 0 amide bonds. The zero-order chi connectivity index (χ0) is 21.5. The summed E-state index contributed by atoms with van der Waals surface area (Å²) in [5.74, 6) is 0. The lowest BCUT2D eigenvalue weighted by Crippen LogP contribution is -2.13. The van der Waals surface area contributed by atoms with E-state index in [1.165, 1.54) is 36.4 Å². The third kappa shape index (κ3) is 4.06. The zero-order valence-electron chi connectivity index (χ0n) is 15.2. The highest BCUT2D eigenvalue weighted by Gasteiger charge is 2.18. The second-order valence-electron chi connectivity index (χ2n) is 6.53. The third-order valence-electron chi connectivity index (χ3n) is 4.51. The maximum absolute atomic E-state index is 12.7. The fourth-order valence-electron chi connectivity index (χ4n) is 3.03. The van der Waals surface area contributed by atoms with Gasteiger partial charge >= 0.3 is 0 Å². The van der Waals surface area contributed by atoms with Crippen molar-refractivity contribution in [2.75, 3.05) is 4.72 Å². The van der Waals surface area contributed by atoms with E-state index in [0.717, 1.165) is 5.56 Å². The Hall–Kier alpha value is -2.45. The summed E-state index contributed by atoms with van der Waals surface area (Å²) in [5, 5.41) is 4.16. The zero-order valence-corrected chi connectivity index (χ0v) is 18.3. The molecule has 0 saturated heterocycles. The van der Waals surface area contributed by atoms with Crippen LogP contribution >= 0.6 is 34.8 Å². The smallest absolute Gasteiger partial charge is 0.272 e. The van der Waals surface area contributed by atoms with Crippen molar-refractivity contribution in [1.82, 2.24) is 9.78 Å². The normalized spacial score (nSPS) is 11.7. The average Bonchev–Trinajstić information content (AvgIpc) is 2.99. The van der Waals surface area contributed by atoms with Crippen LogP contribution in [0.1, 0.15) is 5.56 Å². The number of aromatic nitrogens is 2. The Balaban J connectivity index is 1.73. The van der Waals surface area contributed by atoms with Crippen molar-refractivity contribution in [2.45, 2.75) is 11.4 Å². The van der Waals surface area contributed by atoms with Gasteiger partial charge in [0.1, 0.15) is 0 Å². The van der Waals surface area contributed by atoms with Gasteiger partial charge in [0, 0.05) is 10.0 Å². The first-order chi connectivity index (χ1) is 14.2. The lowest BCUT2D eigenvalue weighted by atomic mass is 10.2. The number of H-pyrrole nitrogens is 1. The van der Waals surface area contributed by atoms with Crippen molar-refractivity contribution in [3.8, 4) is 0 Å². The number of benzene rings is 3. The van der Waals surface area contributed by atoms with Crippen LogP contribution in [0.3, 0.4) is 0 Å². The van der Waals surface area contributed by atoms with Crippen molar-refractivity contribution < 1.29 is 8.42 Å². The van der Waals surface area contributed by atoms with Crippen LogP contribution < -0.4 is 10.3 Å².